The lowest BCUT2D eigenvalue weighted by molar-refractivity contribution is -0.113. The SMILES string of the molecule is CC(C)c1nc(SCC(=O)Nc2ccc(Cl)cc2C(=O)c2ccccc2)n[nH]1. The number of hydrogen-bond donors (Lipinski definition) is 2. The average Bonchev–Trinajstić information content (AvgIpc) is 3.17. The zero-order valence-corrected chi connectivity index (χ0v) is 17.0. The van der Waals surface area contributed by atoms with Crippen LogP contribution in [0.5, 0.6) is 0 Å². The Kier molecular flexibility index (Phi) is 6.49. The molecule has 2 aromatic carbocycles. The van der Waals surface area contributed by atoms with Gasteiger partial charge in [-0.3, -0.25) is 14.7 Å². The van der Waals surface area contributed by atoms with Gasteiger partial charge in [0.15, 0.2) is 5.78 Å². The summed E-state index contributed by atoms with van der Waals surface area (Å²) < 4.78 is 0. The fraction of sp³-hybridized carbons (Fsp3) is 0.200. The molecule has 1 amide bonds. The maximum Gasteiger partial charge on any atom is 0.234 e. The molecule has 0 saturated heterocycles. The van der Waals surface area contributed by atoms with Crippen molar-refractivity contribution < 1.29 is 9.59 Å². The fourth-order valence-corrected chi connectivity index (χ4v) is 3.23. The van der Waals surface area contributed by atoms with Gasteiger partial charge in [-0.1, -0.05) is 67.5 Å². The summed E-state index contributed by atoms with van der Waals surface area (Å²) in [6.07, 6.45) is 0. The summed E-state index contributed by atoms with van der Waals surface area (Å²) in [7, 11) is 0. The van der Waals surface area contributed by atoms with Crippen molar-refractivity contribution in [2.45, 2.75) is 24.9 Å². The zero-order valence-electron chi connectivity index (χ0n) is 15.4. The number of aromatic amines is 1. The largest absolute Gasteiger partial charge is 0.325 e. The van der Waals surface area contributed by atoms with Crippen molar-refractivity contribution in [1.82, 2.24) is 15.2 Å². The first-order valence-corrected chi connectivity index (χ1v) is 10.0. The third-order valence-corrected chi connectivity index (χ3v) is 4.98. The fourth-order valence-electron chi connectivity index (χ4n) is 2.46. The van der Waals surface area contributed by atoms with Crippen LogP contribution in [0.15, 0.2) is 53.7 Å². The van der Waals surface area contributed by atoms with E-state index in [-0.39, 0.29) is 23.4 Å². The van der Waals surface area contributed by atoms with Crippen molar-refractivity contribution >= 4 is 40.7 Å². The van der Waals surface area contributed by atoms with Crippen molar-refractivity contribution in [1.29, 1.82) is 0 Å². The number of hydrogen-bond acceptors (Lipinski definition) is 5. The monoisotopic (exact) mass is 414 g/mol. The molecule has 1 heterocycles. The van der Waals surface area contributed by atoms with E-state index in [0.29, 0.717) is 27.0 Å². The second kappa shape index (κ2) is 9.03. The molecule has 1 aromatic heterocycles. The van der Waals surface area contributed by atoms with Gasteiger partial charge < -0.3 is 5.32 Å². The Bertz CT molecular complexity index is 989. The summed E-state index contributed by atoms with van der Waals surface area (Å²) in [6.45, 7) is 4.01. The van der Waals surface area contributed by atoms with Crippen LogP contribution >= 0.6 is 23.4 Å². The summed E-state index contributed by atoms with van der Waals surface area (Å²) in [5, 5.41) is 10.7. The molecule has 0 radical (unpaired) electrons. The summed E-state index contributed by atoms with van der Waals surface area (Å²) in [5.41, 5.74) is 1.29. The van der Waals surface area contributed by atoms with Crippen molar-refractivity contribution in [3.63, 3.8) is 0 Å². The van der Waals surface area contributed by atoms with Gasteiger partial charge in [0, 0.05) is 22.1 Å². The van der Waals surface area contributed by atoms with Crippen LogP contribution in [0.1, 0.15) is 41.5 Å². The molecule has 8 heteroatoms. The van der Waals surface area contributed by atoms with Gasteiger partial charge >= 0.3 is 0 Å². The van der Waals surface area contributed by atoms with E-state index in [1.807, 2.05) is 19.9 Å². The van der Waals surface area contributed by atoms with Crippen LogP contribution in [-0.2, 0) is 4.79 Å². The highest BCUT2D eigenvalue weighted by Gasteiger charge is 2.17. The molecule has 6 nitrogen and oxygen atoms in total. The van der Waals surface area contributed by atoms with Gasteiger partial charge in [0.25, 0.3) is 0 Å². The van der Waals surface area contributed by atoms with Crippen LogP contribution in [0.4, 0.5) is 5.69 Å². The highest BCUT2D eigenvalue weighted by molar-refractivity contribution is 7.99. The number of amides is 1. The van der Waals surface area contributed by atoms with E-state index in [1.54, 1.807) is 42.5 Å². The average molecular weight is 415 g/mol. The Balaban J connectivity index is 1.71. The van der Waals surface area contributed by atoms with E-state index in [4.69, 9.17) is 11.6 Å². The number of anilines is 1. The smallest absolute Gasteiger partial charge is 0.234 e. The predicted molar refractivity (Wildman–Crippen MR) is 111 cm³/mol. The van der Waals surface area contributed by atoms with Crippen LogP contribution in [0.2, 0.25) is 5.02 Å². The van der Waals surface area contributed by atoms with Crippen LogP contribution < -0.4 is 5.32 Å². The Labute approximate surface area is 172 Å². The van der Waals surface area contributed by atoms with E-state index >= 15 is 0 Å². The van der Waals surface area contributed by atoms with Gasteiger partial charge in [-0.05, 0) is 18.2 Å². The van der Waals surface area contributed by atoms with Gasteiger partial charge in [0.2, 0.25) is 11.1 Å². The molecule has 0 bridgehead atoms. The summed E-state index contributed by atoms with van der Waals surface area (Å²) in [4.78, 5) is 29.5. The molecule has 0 aliphatic carbocycles. The van der Waals surface area contributed by atoms with Crippen molar-refractivity contribution in [3.8, 4) is 0 Å². The van der Waals surface area contributed by atoms with Crippen LogP contribution in [0.3, 0.4) is 0 Å². The molecule has 144 valence electrons. The van der Waals surface area contributed by atoms with Crippen LogP contribution in [0.25, 0.3) is 0 Å². The van der Waals surface area contributed by atoms with E-state index in [1.165, 1.54) is 11.8 Å². The molecule has 0 spiro atoms. The first kappa shape index (κ1) is 20.1. The molecule has 0 unspecified atom stereocenters. The summed E-state index contributed by atoms with van der Waals surface area (Å²) >= 11 is 7.29. The quantitative estimate of drug-likeness (QED) is 0.437. The number of halogens is 1. The summed E-state index contributed by atoms with van der Waals surface area (Å²) in [6, 6.07) is 13.7. The predicted octanol–water partition coefficient (Wildman–Crippen LogP) is 4.54. The van der Waals surface area contributed by atoms with Gasteiger partial charge in [-0.2, -0.15) is 0 Å². The third kappa shape index (κ3) is 4.99. The van der Waals surface area contributed by atoms with Gasteiger partial charge in [-0.15, -0.1) is 5.10 Å². The molecular weight excluding hydrogens is 396 g/mol. The minimum atomic E-state index is -0.259. The van der Waals surface area contributed by atoms with Gasteiger partial charge in [-0.25, -0.2) is 4.98 Å². The van der Waals surface area contributed by atoms with E-state index in [0.717, 1.165) is 5.82 Å². The maximum absolute atomic E-state index is 12.8. The number of H-pyrrole nitrogens is 1. The van der Waals surface area contributed by atoms with Crippen molar-refractivity contribution in [3.05, 3.63) is 70.5 Å². The Hall–Kier alpha value is -2.64. The van der Waals surface area contributed by atoms with Crippen LogP contribution in [0, 0.1) is 0 Å². The highest BCUT2D eigenvalue weighted by Crippen LogP contribution is 2.24. The highest BCUT2D eigenvalue weighted by atomic mass is 35.5. The molecule has 2 N–H and O–H groups in total. The molecular formula is C20H19ClN4O2S. The second-order valence-corrected chi connectivity index (χ2v) is 7.76. The normalized spacial score (nSPS) is 10.9. The number of ketones is 1. The topological polar surface area (TPSA) is 87.7 Å². The number of carbonyl (C=O) groups excluding carboxylic acids is 2. The second-order valence-electron chi connectivity index (χ2n) is 6.38. The maximum atomic E-state index is 12.8. The van der Waals surface area contributed by atoms with Crippen molar-refractivity contribution in [2.75, 3.05) is 11.1 Å². The number of aromatic nitrogens is 3. The van der Waals surface area contributed by atoms with E-state index < -0.39 is 0 Å². The molecule has 3 aromatic rings. The molecule has 0 saturated carbocycles. The standard InChI is InChI=1S/C20H19ClN4O2S/c1-12(2)19-23-20(25-24-19)28-11-17(26)22-16-9-8-14(21)10-15(16)18(27)13-6-4-3-5-7-13/h3-10,12H,11H2,1-2H3,(H,22,26)(H,23,24,25). The Morgan fingerprint density at radius 1 is 1.18 bits per heavy atom. The van der Waals surface area contributed by atoms with Crippen molar-refractivity contribution in [2.24, 2.45) is 0 Å². The Morgan fingerprint density at radius 2 is 1.93 bits per heavy atom. The minimum absolute atomic E-state index is 0.122. The Morgan fingerprint density at radius 3 is 2.61 bits per heavy atom. The van der Waals surface area contributed by atoms with E-state index in [2.05, 4.69) is 20.5 Å². The molecule has 3 rings (SSSR count). The molecule has 0 aliphatic rings. The summed E-state index contributed by atoms with van der Waals surface area (Å²) in [5.74, 6) is 0.663. The molecule has 0 atom stereocenters. The first-order valence-electron chi connectivity index (χ1n) is 8.68. The number of nitrogens with zero attached hydrogens (tertiary/aromatic N) is 2. The van der Waals surface area contributed by atoms with Gasteiger partial charge in [0.1, 0.15) is 5.82 Å². The number of nitrogens with one attached hydrogen (secondary N) is 2. The third-order valence-electron chi connectivity index (χ3n) is 3.90. The van der Waals surface area contributed by atoms with E-state index in [9.17, 15) is 9.59 Å². The van der Waals surface area contributed by atoms with Gasteiger partial charge in [0.05, 0.1) is 11.4 Å². The minimum Gasteiger partial charge on any atom is -0.325 e. The zero-order chi connectivity index (χ0) is 20.1. The molecule has 0 aliphatic heterocycles. The number of carbonyl (C=O) groups is 2. The number of thioether (sulfide) groups is 1. The number of benzene rings is 2. The molecule has 0 fully saturated rings. The van der Waals surface area contributed by atoms with Crippen LogP contribution in [-0.4, -0.2) is 32.6 Å². The molecule has 28 heavy (non-hydrogen) atoms. The lowest BCUT2D eigenvalue weighted by Crippen LogP contribution is -2.17. The lowest BCUT2D eigenvalue weighted by Gasteiger charge is -2.11. The lowest BCUT2D eigenvalue weighted by atomic mass is 10.0. The first-order chi connectivity index (χ1) is 13.4. The number of rotatable bonds is 7.